The summed E-state index contributed by atoms with van der Waals surface area (Å²) in [5.41, 5.74) is 0.902. The van der Waals surface area contributed by atoms with E-state index in [0.29, 0.717) is 16.9 Å². The summed E-state index contributed by atoms with van der Waals surface area (Å²) in [5, 5.41) is 0. The normalized spacial score (nSPS) is 39.2. The van der Waals surface area contributed by atoms with Gasteiger partial charge in [0.05, 0.1) is 6.10 Å². The Morgan fingerprint density at radius 1 is 1.28 bits per heavy atom. The first kappa shape index (κ1) is 14.7. The molecule has 0 heterocycles. The first-order valence-corrected chi connectivity index (χ1v) is 8.27. The Morgan fingerprint density at radius 3 is 2.50 bits per heavy atom. The summed E-state index contributed by atoms with van der Waals surface area (Å²) in [5.74, 6) is 2.64. The van der Waals surface area contributed by atoms with Crippen LogP contribution in [0.15, 0.2) is 0 Å². The molecule has 2 heteroatoms. The lowest BCUT2D eigenvalue weighted by atomic mass is 9.70. The molecule has 18 heavy (non-hydrogen) atoms. The lowest BCUT2D eigenvalue weighted by molar-refractivity contribution is -0.0498. The molecule has 0 saturated heterocycles. The van der Waals surface area contributed by atoms with E-state index in [1.807, 2.05) is 0 Å². The Hall–Kier alpha value is 0.310. The van der Waals surface area contributed by atoms with Crippen LogP contribution in [0.1, 0.15) is 59.8 Å². The zero-order valence-electron chi connectivity index (χ0n) is 12.5. The van der Waals surface area contributed by atoms with Crippen molar-refractivity contribution in [2.75, 3.05) is 12.4 Å². The summed E-state index contributed by atoms with van der Waals surface area (Å²) < 4.78 is 6.27. The van der Waals surface area contributed by atoms with Crippen LogP contribution in [0.4, 0.5) is 0 Å². The highest BCUT2D eigenvalue weighted by atomic mass is 32.1. The number of thiol groups is 1. The van der Waals surface area contributed by atoms with Crippen molar-refractivity contribution in [3.05, 3.63) is 0 Å². The second-order valence-corrected chi connectivity index (χ2v) is 7.82. The number of hydrogen-bond acceptors (Lipinski definition) is 2. The lowest BCUT2D eigenvalue weighted by Gasteiger charge is -2.39. The molecule has 0 aromatic carbocycles. The van der Waals surface area contributed by atoms with Crippen molar-refractivity contribution in [3.63, 3.8) is 0 Å². The zero-order chi connectivity index (χ0) is 13.4. The minimum absolute atomic E-state index is 0.421. The van der Waals surface area contributed by atoms with Crippen LogP contribution >= 0.6 is 12.6 Å². The molecule has 0 N–H and O–H groups in total. The minimum Gasteiger partial charge on any atom is -0.378 e. The van der Waals surface area contributed by atoms with E-state index >= 15 is 0 Å². The Balaban J connectivity index is 1.82. The van der Waals surface area contributed by atoms with E-state index in [-0.39, 0.29) is 0 Å². The fraction of sp³-hybridized carbons (Fsp3) is 1.00. The number of rotatable bonds is 6. The molecule has 4 atom stereocenters. The Kier molecular flexibility index (Phi) is 4.38. The van der Waals surface area contributed by atoms with Gasteiger partial charge in [-0.3, -0.25) is 0 Å². The van der Waals surface area contributed by atoms with Gasteiger partial charge < -0.3 is 4.74 Å². The standard InChI is InChI=1S/C16H30OS/c1-12(7-10-18)6-9-17-14-11-13-5-8-16(14,4)15(13,2)3/h12-14,18H,5-11H2,1-4H3. The van der Waals surface area contributed by atoms with Gasteiger partial charge in [0.2, 0.25) is 0 Å². The van der Waals surface area contributed by atoms with Crippen molar-refractivity contribution in [3.8, 4) is 0 Å². The summed E-state index contributed by atoms with van der Waals surface area (Å²) in [6.45, 7) is 10.6. The van der Waals surface area contributed by atoms with E-state index < -0.39 is 0 Å². The second-order valence-electron chi connectivity index (χ2n) is 7.38. The van der Waals surface area contributed by atoms with Crippen LogP contribution in [0, 0.1) is 22.7 Å². The molecule has 1 nitrogen and oxygen atoms in total. The van der Waals surface area contributed by atoms with Gasteiger partial charge in [-0.2, -0.15) is 12.6 Å². The molecule has 106 valence electrons. The molecule has 0 spiro atoms. The van der Waals surface area contributed by atoms with Gasteiger partial charge in [-0.1, -0.05) is 27.7 Å². The van der Waals surface area contributed by atoms with Crippen molar-refractivity contribution < 1.29 is 4.74 Å². The third-order valence-electron chi connectivity index (χ3n) is 6.27. The average molecular weight is 270 g/mol. The van der Waals surface area contributed by atoms with Crippen molar-refractivity contribution in [1.82, 2.24) is 0 Å². The minimum atomic E-state index is 0.421. The van der Waals surface area contributed by atoms with Crippen LogP contribution in [-0.2, 0) is 4.74 Å². The molecular weight excluding hydrogens is 240 g/mol. The van der Waals surface area contributed by atoms with E-state index in [0.717, 1.165) is 24.2 Å². The lowest BCUT2D eigenvalue weighted by Crippen LogP contribution is -2.37. The highest BCUT2D eigenvalue weighted by Crippen LogP contribution is 2.66. The Labute approximate surface area is 118 Å². The molecule has 0 aliphatic heterocycles. The average Bonchev–Trinajstić information content (AvgIpc) is 2.62. The largest absolute Gasteiger partial charge is 0.378 e. The van der Waals surface area contributed by atoms with Crippen LogP contribution in [0.2, 0.25) is 0 Å². The third-order valence-corrected chi connectivity index (χ3v) is 6.52. The zero-order valence-corrected chi connectivity index (χ0v) is 13.4. The van der Waals surface area contributed by atoms with Crippen molar-refractivity contribution >= 4 is 12.6 Å². The van der Waals surface area contributed by atoms with Gasteiger partial charge in [0.25, 0.3) is 0 Å². The van der Waals surface area contributed by atoms with Crippen LogP contribution in [0.3, 0.4) is 0 Å². The molecule has 0 amide bonds. The first-order chi connectivity index (χ1) is 8.41. The highest BCUT2D eigenvalue weighted by Gasteiger charge is 2.61. The van der Waals surface area contributed by atoms with Gasteiger partial charge in [0.1, 0.15) is 0 Å². The fourth-order valence-electron chi connectivity index (χ4n) is 4.16. The number of hydrogen-bond donors (Lipinski definition) is 1. The number of fused-ring (bicyclic) bond motifs is 2. The molecule has 2 rings (SSSR count). The van der Waals surface area contributed by atoms with E-state index in [1.165, 1.54) is 32.1 Å². The Morgan fingerprint density at radius 2 is 2.00 bits per heavy atom. The predicted molar refractivity (Wildman–Crippen MR) is 81.2 cm³/mol. The van der Waals surface area contributed by atoms with Crippen molar-refractivity contribution in [2.45, 2.75) is 65.9 Å². The third kappa shape index (κ3) is 2.35. The van der Waals surface area contributed by atoms with Crippen LogP contribution in [0.25, 0.3) is 0 Å². The van der Waals surface area contributed by atoms with Crippen LogP contribution < -0.4 is 0 Å². The maximum atomic E-state index is 6.27. The topological polar surface area (TPSA) is 9.23 Å². The summed E-state index contributed by atoms with van der Waals surface area (Å²) >= 11 is 4.30. The quantitative estimate of drug-likeness (QED) is 0.696. The highest BCUT2D eigenvalue weighted by molar-refractivity contribution is 7.80. The summed E-state index contributed by atoms with van der Waals surface area (Å²) in [7, 11) is 0. The van der Waals surface area contributed by atoms with Crippen molar-refractivity contribution in [1.29, 1.82) is 0 Å². The molecule has 2 fully saturated rings. The predicted octanol–water partition coefficient (Wildman–Crippen LogP) is 4.56. The maximum Gasteiger partial charge on any atom is 0.0636 e. The van der Waals surface area contributed by atoms with Crippen LogP contribution in [-0.4, -0.2) is 18.5 Å². The maximum absolute atomic E-state index is 6.27. The monoisotopic (exact) mass is 270 g/mol. The van der Waals surface area contributed by atoms with Gasteiger partial charge >= 0.3 is 0 Å². The number of ether oxygens (including phenoxy) is 1. The van der Waals surface area contributed by atoms with E-state index in [1.54, 1.807) is 0 Å². The first-order valence-electron chi connectivity index (χ1n) is 7.64. The summed E-state index contributed by atoms with van der Waals surface area (Å²) in [6.07, 6.45) is 6.99. The molecule has 2 aliphatic rings. The Bertz CT molecular complexity index is 289. The second kappa shape index (κ2) is 5.36. The van der Waals surface area contributed by atoms with Gasteiger partial charge in [0.15, 0.2) is 0 Å². The van der Waals surface area contributed by atoms with E-state index in [2.05, 4.69) is 40.3 Å². The van der Waals surface area contributed by atoms with Gasteiger partial charge in [0, 0.05) is 6.61 Å². The molecule has 4 unspecified atom stereocenters. The van der Waals surface area contributed by atoms with Crippen LogP contribution in [0.5, 0.6) is 0 Å². The SMILES string of the molecule is CC(CCS)CCOC1CC2CCC1(C)C2(C)C. The van der Waals surface area contributed by atoms with Gasteiger partial charge in [-0.15, -0.1) is 0 Å². The smallest absolute Gasteiger partial charge is 0.0636 e. The molecular formula is C16H30OS. The summed E-state index contributed by atoms with van der Waals surface area (Å²) in [6, 6.07) is 0. The van der Waals surface area contributed by atoms with Gasteiger partial charge in [-0.05, 0) is 60.5 Å². The van der Waals surface area contributed by atoms with E-state index in [9.17, 15) is 0 Å². The summed E-state index contributed by atoms with van der Waals surface area (Å²) in [4.78, 5) is 0. The fourth-order valence-corrected chi connectivity index (χ4v) is 4.60. The molecule has 0 aromatic rings. The van der Waals surface area contributed by atoms with E-state index in [4.69, 9.17) is 4.74 Å². The molecule has 2 bridgehead atoms. The molecule has 0 radical (unpaired) electrons. The molecule has 2 saturated carbocycles. The molecule has 2 aliphatic carbocycles. The molecule has 0 aromatic heterocycles. The van der Waals surface area contributed by atoms with Gasteiger partial charge in [-0.25, -0.2) is 0 Å². The van der Waals surface area contributed by atoms with Crippen molar-refractivity contribution in [2.24, 2.45) is 22.7 Å².